The number of imide groups is 1. The Bertz CT molecular complexity index is 470. The monoisotopic (exact) mass is 247 g/mol. The number of ether oxygens (including phenoxy) is 1. The van der Waals surface area contributed by atoms with Crippen LogP contribution in [0.2, 0.25) is 0 Å². The zero-order valence-corrected chi connectivity index (χ0v) is 10.6. The van der Waals surface area contributed by atoms with Gasteiger partial charge in [-0.25, -0.2) is 0 Å². The summed E-state index contributed by atoms with van der Waals surface area (Å²) in [5, 5.41) is 2.40. The van der Waals surface area contributed by atoms with Crippen molar-refractivity contribution < 1.29 is 14.3 Å². The Labute approximate surface area is 106 Å². The van der Waals surface area contributed by atoms with Crippen LogP contribution in [0.1, 0.15) is 31.2 Å². The van der Waals surface area contributed by atoms with Crippen molar-refractivity contribution in [1.82, 2.24) is 5.32 Å². The zero-order chi connectivity index (χ0) is 13.1. The van der Waals surface area contributed by atoms with E-state index in [4.69, 9.17) is 4.74 Å². The van der Waals surface area contributed by atoms with Crippen LogP contribution in [-0.4, -0.2) is 18.9 Å². The molecule has 4 heteroatoms. The summed E-state index contributed by atoms with van der Waals surface area (Å²) >= 11 is 0. The van der Waals surface area contributed by atoms with Gasteiger partial charge in [0.05, 0.1) is 7.11 Å². The lowest BCUT2D eigenvalue weighted by Gasteiger charge is -2.30. The first kappa shape index (κ1) is 12.6. The van der Waals surface area contributed by atoms with E-state index in [2.05, 4.69) is 5.32 Å². The second-order valence-corrected chi connectivity index (χ2v) is 4.48. The topological polar surface area (TPSA) is 55.4 Å². The maximum Gasteiger partial charge on any atom is 0.230 e. The lowest BCUT2D eigenvalue weighted by molar-refractivity contribution is -0.137. The first-order chi connectivity index (χ1) is 8.67. The SMILES string of the molecule is CCC1C(=O)NC(=O)CC1c1ccccc1OC. The molecular weight excluding hydrogens is 230 g/mol. The third-order valence-corrected chi connectivity index (χ3v) is 3.47. The molecule has 2 atom stereocenters. The average Bonchev–Trinajstić information content (AvgIpc) is 2.38. The highest BCUT2D eigenvalue weighted by atomic mass is 16.5. The van der Waals surface area contributed by atoms with Crippen LogP contribution in [0.25, 0.3) is 0 Å². The second-order valence-electron chi connectivity index (χ2n) is 4.48. The van der Waals surface area contributed by atoms with Gasteiger partial charge in [0.15, 0.2) is 0 Å². The van der Waals surface area contributed by atoms with Crippen molar-refractivity contribution in [3.8, 4) is 5.75 Å². The molecule has 18 heavy (non-hydrogen) atoms. The molecule has 0 saturated carbocycles. The third kappa shape index (κ3) is 2.23. The maximum absolute atomic E-state index is 11.8. The van der Waals surface area contributed by atoms with Crippen LogP contribution in [0.15, 0.2) is 24.3 Å². The van der Waals surface area contributed by atoms with Crippen molar-refractivity contribution in [1.29, 1.82) is 0 Å². The van der Waals surface area contributed by atoms with E-state index in [1.807, 2.05) is 31.2 Å². The highest BCUT2D eigenvalue weighted by molar-refractivity contribution is 5.99. The van der Waals surface area contributed by atoms with Crippen LogP contribution >= 0.6 is 0 Å². The van der Waals surface area contributed by atoms with Crippen LogP contribution in [0, 0.1) is 5.92 Å². The fraction of sp³-hybridized carbons (Fsp3) is 0.429. The standard InChI is InChI=1S/C14H17NO3/c1-3-9-11(8-13(16)15-14(9)17)10-6-4-5-7-12(10)18-2/h4-7,9,11H,3,8H2,1-2H3,(H,15,16,17). The summed E-state index contributed by atoms with van der Waals surface area (Å²) in [5.74, 6) is 0.0973. The minimum absolute atomic E-state index is 0.0904. The molecule has 4 nitrogen and oxygen atoms in total. The molecule has 2 unspecified atom stereocenters. The number of piperidine rings is 1. The smallest absolute Gasteiger partial charge is 0.230 e. The lowest BCUT2D eigenvalue weighted by atomic mass is 9.78. The van der Waals surface area contributed by atoms with Gasteiger partial charge in [-0.3, -0.25) is 14.9 Å². The normalized spacial score (nSPS) is 23.7. The molecule has 1 aromatic carbocycles. The molecule has 1 saturated heterocycles. The van der Waals surface area contributed by atoms with Crippen LogP contribution in [-0.2, 0) is 9.59 Å². The quantitative estimate of drug-likeness (QED) is 0.829. The Kier molecular flexibility index (Phi) is 3.65. The summed E-state index contributed by atoms with van der Waals surface area (Å²) in [6.45, 7) is 1.96. The van der Waals surface area contributed by atoms with Gasteiger partial charge in [-0.2, -0.15) is 0 Å². The van der Waals surface area contributed by atoms with Crippen LogP contribution in [0.5, 0.6) is 5.75 Å². The van der Waals surface area contributed by atoms with E-state index in [9.17, 15) is 9.59 Å². The molecule has 1 N–H and O–H groups in total. The van der Waals surface area contributed by atoms with E-state index in [0.717, 1.165) is 11.3 Å². The highest BCUT2D eigenvalue weighted by Crippen LogP contribution is 2.37. The first-order valence-electron chi connectivity index (χ1n) is 6.14. The Morgan fingerprint density at radius 3 is 2.72 bits per heavy atom. The molecule has 0 bridgehead atoms. The van der Waals surface area contributed by atoms with Crippen LogP contribution < -0.4 is 10.1 Å². The summed E-state index contributed by atoms with van der Waals surface area (Å²) in [6.07, 6.45) is 1.05. The molecule has 96 valence electrons. The first-order valence-corrected chi connectivity index (χ1v) is 6.14. The average molecular weight is 247 g/mol. The number of nitrogens with one attached hydrogen (secondary N) is 1. The van der Waals surface area contributed by atoms with Crippen molar-refractivity contribution in [3.63, 3.8) is 0 Å². The minimum Gasteiger partial charge on any atom is -0.496 e. The third-order valence-electron chi connectivity index (χ3n) is 3.47. The fourth-order valence-corrected chi connectivity index (χ4v) is 2.58. The molecule has 1 aliphatic heterocycles. The van der Waals surface area contributed by atoms with Crippen LogP contribution in [0.3, 0.4) is 0 Å². The Hall–Kier alpha value is -1.84. The Morgan fingerprint density at radius 2 is 2.06 bits per heavy atom. The summed E-state index contributed by atoms with van der Waals surface area (Å²) in [4.78, 5) is 23.4. The summed E-state index contributed by atoms with van der Waals surface area (Å²) in [6, 6.07) is 7.58. The van der Waals surface area contributed by atoms with Gasteiger partial charge in [0.2, 0.25) is 11.8 Å². The van der Waals surface area contributed by atoms with E-state index in [1.54, 1.807) is 7.11 Å². The van der Waals surface area contributed by atoms with Gasteiger partial charge < -0.3 is 4.74 Å². The molecule has 0 aliphatic carbocycles. The molecule has 1 aromatic rings. The molecule has 0 spiro atoms. The van der Waals surface area contributed by atoms with E-state index >= 15 is 0 Å². The number of methoxy groups -OCH3 is 1. The number of carbonyl (C=O) groups is 2. The van der Waals surface area contributed by atoms with E-state index in [0.29, 0.717) is 12.8 Å². The van der Waals surface area contributed by atoms with Crippen molar-refractivity contribution in [2.45, 2.75) is 25.7 Å². The second kappa shape index (κ2) is 5.21. The number of amides is 2. The number of hydrogen-bond acceptors (Lipinski definition) is 3. The predicted octanol–water partition coefficient (Wildman–Crippen LogP) is 1.85. The zero-order valence-electron chi connectivity index (χ0n) is 10.6. The number of carbonyl (C=O) groups excluding carboxylic acids is 2. The molecule has 1 fully saturated rings. The Morgan fingerprint density at radius 1 is 1.33 bits per heavy atom. The Balaban J connectivity index is 2.39. The molecular formula is C14H17NO3. The molecule has 0 radical (unpaired) electrons. The largest absolute Gasteiger partial charge is 0.496 e. The fourth-order valence-electron chi connectivity index (χ4n) is 2.58. The molecule has 0 aromatic heterocycles. The van der Waals surface area contributed by atoms with Gasteiger partial charge in [-0.05, 0) is 18.1 Å². The molecule has 2 rings (SSSR count). The number of benzene rings is 1. The van der Waals surface area contributed by atoms with Gasteiger partial charge in [-0.15, -0.1) is 0 Å². The van der Waals surface area contributed by atoms with Gasteiger partial charge in [0.25, 0.3) is 0 Å². The van der Waals surface area contributed by atoms with Crippen molar-refractivity contribution >= 4 is 11.8 Å². The van der Waals surface area contributed by atoms with Crippen molar-refractivity contribution in [2.24, 2.45) is 5.92 Å². The van der Waals surface area contributed by atoms with Gasteiger partial charge >= 0.3 is 0 Å². The minimum atomic E-state index is -0.208. The van der Waals surface area contributed by atoms with Gasteiger partial charge in [0.1, 0.15) is 5.75 Å². The predicted molar refractivity (Wildman–Crippen MR) is 67.3 cm³/mol. The van der Waals surface area contributed by atoms with Crippen molar-refractivity contribution in [2.75, 3.05) is 7.11 Å². The van der Waals surface area contributed by atoms with E-state index in [1.165, 1.54) is 0 Å². The summed E-state index contributed by atoms with van der Waals surface area (Å²) < 4.78 is 5.32. The molecule has 1 aliphatic rings. The van der Waals surface area contributed by atoms with Gasteiger partial charge in [0, 0.05) is 18.3 Å². The summed E-state index contributed by atoms with van der Waals surface area (Å²) in [7, 11) is 1.60. The maximum atomic E-state index is 11.8. The lowest BCUT2D eigenvalue weighted by Crippen LogP contribution is -2.44. The molecule has 2 amide bonds. The van der Waals surface area contributed by atoms with E-state index in [-0.39, 0.29) is 23.7 Å². The van der Waals surface area contributed by atoms with Gasteiger partial charge in [-0.1, -0.05) is 25.1 Å². The highest BCUT2D eigenvalue weighted by Gasteiger charge is 2.36. The number of rotatable bonds is 3. The van der Waals surface area contributed by atoms with E-state index < -0.39 is 0 Å². The summed E-state index contributed by atoms with van der Waals surface area (Å²) in [5.41, 5.74) is 0.940. The van der Waals surface area contributed by atoms with Crippen molar-refractivity contribution in [3.05, 3.63) is 29.8 Å². The number of para-hydroxylation sites is 1. The van der Waals surface area contributed by atoms with Crippen LogP contribution in [0.4, 0.5) is 0 Å². The number of hydrogen-bond donors (Lipinski definition) is 1. The molecule has 1 heterocycles.